The highest BCUT2D eigenvalue weighted by molar-refractivity contribution is 6.24. The number of ketones is 2. The van der Waals surface area contributed by atoms with Crippen LogP contribution in [0.4, 0.5) is 5.69 Å². The number of amides is 1. The molecule has 2 aromatic rings. The minimum atomic E-state index is -2.66. The van der Waals surface area contributed by atoms with Crippen molar-refractivity contribution in [1.29, 1.82) is 0 Å². The molecular weight excluding hydrogens is 552 g/mol. The first-order chi connectivity index (χ1) is 18.8. The van der Waals surface area contributed by atoms with Gasteiger partial charge in [-0.25, -0.2) is 4.57 Å². The quantitative estimate of drug-likeness (QED) is 0.186. The van der Waals surface area contributed by atoms with E-state index in [0.29, 0.717) is 11.1 Å². The van der Waals surface area contributed by atoms with E-state index in [9.17, 15) is 34.8 Å². The van der Waals surface area contributed by atoms with Crippen molar-refractivity contribution in [1.82, 2.24) is 4.90 Å². The lowest BCUT2D eigenvalue weighted by Crippen LogP contribution is -3.00. The lowest BCUT2D eigenvalue weighted by atomic mass is 9.57. The fraction of sp³-hybridized carbons (Fsp3) is 0.379. The standard InChI is InChI=1S/C29H32N4O7.ClH/c1-31(2)18-12-15(13-33-8-6-5-7-9-33)23(34)20-16(18)10-14-11-17-22(32(3)4)25(36)21(28(30)39)27(38)29(17,40)26(37)19(14)24(20)35;/h5-9,12,14,17,22,40H,10-11,13H2,1-4H3,(H4-,30,34,35,36,37,38,39);1H/t14-,17-,22?,29-;/m0./s1. The summed E-state index contributed by atoms with van der Waals surface area (Å²) in [6.45, 7) is 0.283. The van der Waals surface area contributed by atoms with E-state index in [0.717, 1.165) is 5.69 Å². The summed E-state index contributed by atoms with van der Waals surface area (Å²) in [4.78, 5) is 42.8. The number of rotatable bonds is 5. The minimum Gasteiger partial charge on any atom is -1.00 e. The Labute approximate surface area is 243 Å². The molecule has 0 bridgehead atoms. The number of aliphatic hydroxyl groups excluding tert-OH is 2. The third kappa shape index (κ3) is 4.35. The van der Waals surface area contributed by atoms with E-state index >= 15 is 0 Å². The number of halogens is 1. The third-order valence-corrected chi connectivity index (χ3v) is 8.39. The van der Waals surface area contributed by atoms with Gasteiger partial charge in [-0.3, -0.25) is 19.3 Å². The molecule has 6 N–H and O–H groups in total. The van der Waals surface area contributed by atoms with Crippen LogP contribution in [0.1, 0.15) is 23.1 Å². The predicted octanol–water partition coefficient (Wildman–Crippen LogP) is -2.63. The minimum absolute atomic E-state index is 0. The second-order valence-electron chi connectivity index (χ2n) is 11.2. The second kappa shape index (κ2) is 10.5. The smallest absolute Gasteiger partial charge is 0.255 e. The van der Waals surface area contributed by atoms with Crippen molar-refractivity contribution in [2.24, 2.45) is 17.6 Å². The summed E-state index contributed by atoms with van der Waals surface area (Å²) in [5.74, 6) is -6.62. The third-order valence-electron chi connectivity index (χ3n) is 8.39. The molecule has 1 amide bonds. The number of phenolic OH excluding ortho intramolecular Hbond substituents is 1. The number of aromatic nitrogens is 1. The van der Waals surface area contributed by atoms with Gasteiger partial charge in [0.15, 0.2) is 30.3 Å². The highest BCUT2D eigenvalue weighted by Gasteiger charge is 2.64. The predicted molar refractivity (Wildman–Crippen MR) is 144 cm³/mol. The first kappa shape index (κ1) is 30.0. The van der Waals surface area contributed by atoms with Gasteiger partial charge in [-0.15, -0.1) is 0 Å². The molecule has 3 aliphatic rings. The number of carbonyl (C=O) groups excluding carboxylic acids is 3. The Balaban J connectivity index is 0.00000387. The highest BCUT2D eigenvalue weighted by Crippen LogP contribution is 2.54. The fourth-order valence-corrected chi connectivity index (χ4v) is 6.60. The first-order valence-corrected chi connectivity index (χ1v) is 12.9. The molecule has 1 heterocycles. The zero-order chi connectivity index (χ0) is 29.3. The van der Waals surface area contributed by atoms with Crippen molar-refractivity contribution < 1.29 is 51.8 Å². The van der Waals surface area contributed by atoms with Crippen molar-refractivity contribution in [3.8, 4) is 5.75 Å². The van der Waals surface area contributed by atoms with Gasteiger partial charge in [-0.2, -0.15) is 0 Å². The molecule has 1 aromatic heterocycles. The molecule has 12 heteroatoms. The Hall–Kier alpha value is -3.93. The molecule has 1 saturated carbocycles. The molecule has 1 fully saturated rings. The first-order valence-electron chi connectivity index (χ1n) is 12.9. The van der Waals surface area contributed by atoms with Gasteiger partial charge in [0.25, 0.3) is 5.91 Å². The molecule has 41 heavy (non-hydrogen) atoms. The monoisotopic (exact) mass is 584 g/mol. The Kier molecular flexibility index (Phi) is 7.68. The number of hydrogen-bond donors (Lipinski definition) is 5. The van der Waals surface area contributed by atoms with Crippen LogP contribution in [0.2, 0.25) is 0 Å². The molecule has 1 unspecified atom stereocenters. The van der Waals surface area contributed by atoms with Crippen molar-refractivity contribution in [2.75, 3.05) is 33.1 Å². The van der Waals surface area contributed by atoms with Crippen LogP contribution in [0.3, 0.4) is 0 Å². The number of nitrogens with two attached hydrogens (primary N) is 1. The molecule has 0 spiro atoms. The lowest BCUT2D eigenvalue weighted by molar-refractivity contribution is -0.688. The summed E-state index contributed by atoms with van der Waals surface area (Å²) in [5.41, 5.74) is 3.65. The van der Waals surface area contributed by atoms with Gasteiger partial charge in [-0.1, -0.05) is 6.07 Å². The number of benzene rings is 1. The lowest BCUT2D eigenvalue weighted by Gasteiger charge is -2.50. The number of carbonyl (C=O) groups is 3. The number of hydrogen-bond acceptors (Lipinski definition) is 9. The van der Waals surface area contributed by atoms with Crippen molar-refractivity contribution >= 4 is 28.9 Å². The zero-order valence-electron chi connectivity index (χ0n) is 23.1. The van der Waals surface area contributed by atoms with Crippen LogP contribution in [0, 0.1) is 11.8 Å². The van der Waals surface area contributed by atoms with E-state index in [2.05, 4.69) is 0 Å². The number of Topliss-reactive ketones (excluding diaryl/α,β-unsaturated/α-hetero) is 2. The van der Waals surface area contributed by atoms with Crippen LogP contribution in [0.5, 0.6) is 5.75 Å². The van der Waals surface area contributed by atoms with Crippen molar-refractivity contribution in [2.45, 2.75) is 31.0 Å². The van der Waals surface area contributed by atoms with Crippen LogP contribution >= 0.6 is 0 Å². The van der Waals surface area contributed by atoms with Crippen LogP contribution in [0.25, 0.3) is 5.76 Å². The SMILES string of the molecule is CN(C)c1cc(C[n+]2ccccc2)c(O)c2c1C[C@H]1C[C@H]3C(N(C)C)C(=O)C(C(N)=O)=C(O)[C@@]3(O)C(=O)C1=C2O.[Cl-]. The van der Waals surface area contributed by atoms with Gasteiger partial charge in [0, 0.05) is 43.4 Å². The molecule has 0 saturated heterocycles. The maximum Gasteiger partial charge on any atom is 0.255 e. The van der Waals surface area contributed by atoms with E-state index in [1.54, 1.807) is 14.1 Å². The molecule has 11 nitrogen and oxygen atoms in total. The van der Waals surface area contributed by atoms with Crippen molar-refractivity contribution in [3.63, 3.8) is 0 Å². The van der Waals surface area contributed by atoms with Crippen LogP contribution in [-0.2, 0) is 27.3 Å². The number of aliphatic hydroxyl groups is 3. The van der Waals surface area contributed by atoms with E-state index in [-0.39, 0.29) is 48.7 Å². The fourth-order valence-electron chi connectivity index (χ4n) is 6.60. The molecule has 5 rings (SSSR count). The highest BCUT2D eigenvalue weighted by atomic mass is 35.5. The Morgan fingerprint density at radius 2 is 1.73 bits per heavy atom. The number of fused-ring (bicyclic) bond motifs is 3. The molecule has 4 atom stereocenters. The van der Waals surface area contributed by atoms with E-state index in [4.69, 9.17) is 5.73 Å². The number of pyridine rings is 1. The normalized spacial score (nSPS) is 25.4. The maximum atomic E-state index is 14.1. The van der Waals surface area contributed by atoms with Gasteiger partial charge in [0.2, 0.25) is 5.78 Å². The molecule has 218 valence electrons. The summed E-state index contributed by atoms with van der Waals surface area (Å²) in [6, 6.07) is 6.28. The molecular formula is C29H33ClN4O7. The Morgan fingerprint density at radius 1 is 1.10 bits per heavy atom. The van der Waals surface area contributed by atoms with Gasteiger partial charge in [0.1, 0.15) is 22.8 Å². The average Bonchev–Trinajstić information content (AvgIpc) is 2.87. The number of aromatic hydroxyl groups is 1. The summed E-state index contributed by atoms with van der Waals surface area (Å²) in [5, 5.41) is 45.8. The molecule has 0 aliphatic heterocycles. The number of likely N-dealkylation sites (N-methyl/N-ethyl adjacent to an activating group) is 1. The summed E-state index contributed by atoms with van der Waals surface area (Å²) < 4.78 is 1.85. The van der Waals surface area contributed by atoms with E-state index < -0.39 is 58.0 Å². The van der Waals surface area contributed by atoms with E-state index in [1.165, 1.54) is 4.90 Å². The number of primary amides is 1. The van der Waals surface area contributed by atoms with Crippen LogP contribution in [-0.4, -0.2) is 82.6 Å². The Bertz CT molecular complexity index is 1520. The zero-order valence-corrected chi connectivity index (χ0v) is 23.9. The summed E-state index contributed by atoms with van der Waals surface area (Å²) in [6.07, 6.45) is 3.94. The molecule has 0 radical (unpaired) electrons. The number of anilines is 1. The second-order valence-corrected chi connectivity index (χ2v) is 11.2. The number of phenols is 1. The van der Waals surface area contributed by atoms with Gasteiger partial charge >= 0.3 is 0 Å². The van der Waals surface area contributed by atoms with E-state index in [1.807, 2.05) is 60.2 Å². The summed E-state index contributed by atoms with van der Waals surface area (Å²) in [7, 11) is 6.82. The number of nitrogens with zero attached hydrogens (tertiary/aromatic N) is 3. The van der Waals surface area contributed by atoms with Gasteiger partial charge in [0.05, 0.1) is 17.2 Å². The molecule has 1 aromatic carbocycles. The topological polar surface area (TPSA) is 169 Å². The largest absolute Gasteiger partial charge is 1.00 e. The maximum absolute atomic E-state index is 14.1. The van der Waals surface area contributed by atoms with Crippen LogP contribution < -0.4 is 27.6 Å². The van der Waals surface area contributed by atoms with Crippen LogP contribution in [0.15, 0.2) is 53.6 Å². The van der Waals surface area contributed by atoms with Gasteiger partial charge in [-0.05, 0) is 44.5 Å². The molecule has 3 aliphatic carbocycles. The van der Waals surface area contributed by atoms with Gasteiger partial charge < -0.3 is 43.5 Å². The summed E-state index contributed by atoms with van der Waals surface area (Å²) >= 11 is 0. The van der Waals surface area contributed by atoms with Crippen molar-refractivity contribution in [3.05, 3.63) is 70.3 Å². The average molecular weight is 585 g/mol. The Morgan fingerprint density at radius 3 is 2.29 bits per heavy atom.